The van der Waals surface area contributed by atoms with Gasteiger partial charge in [0.2, 0.25) is 11.8 Å². The van der Waals surface area contributed by atoms with Crippen LogP contribution in [0.3, 0.4) is 0 Å². The van der Waals surface area contributed by atoms with Gasteiger partial charge in [0.15, 0.2) is 12.3 Å². The first-order valence-electron chi connectivity index (χ1n) is 5.74. The average molecular weight is 279 g/mol. The Morgan fingerprint density at radius 1 is 1.42 bits per heavy atom. The van der Waals surface area contributed by atoms with Crippen molar-refractivity contribution in [2.45, 2.75) is 37.2 Å². The van der Waals surface area contributed by atoms with Crippen molar-refractivity contribution < 1.29 is 28.4 Å². The van der Waals surface area contributed by atoms with E-state index < -0.39 is 49.8 Å². The first-order chi connectivity index (χ1) is 8.75. The third-order valence-corrected chi connectivity index (χ3v) is 3.01. The van der Waals surface area contributed by atoms with Crippen LogP contribution in [0.15, 0.2) is 0 Å². The minimum atomic E-state index is -2.21. The molecule has 19 heavy (non-hydrogen) atoms. The molecule has 0 aliphatic carbocycles. The molecule has 0 aromatic heterocycles. The largest absolute Gasteiger partial charge is 0.478 e. The van der Waals surface area contributed by atoms with Gasteiger partial charge in [0.1, 0.15) is 5.94 Å². The Morgan fingerprint density at radius 3 is 2.47 bits per heavy atom. The van der Waals surface area contributed by atoms with Gasteiger partial charge in [-0.3, -0.25) is 9.59 Å². The summed E-state index contributed by atoms with van der Waals surface area (Å²) in [4.78, 5) is 23.1. The van der Waals surface area contributed by atoms with Crippen LogP contribution in [0.4, 0.5) is 8.78 Å². The normalized spacial score (nSPS) is 28.3. The fourth-order valence-corrected chi connectivity index (χ4v) is 1.99. The molecule has 108 valence electrons. The summed E-state index contributed by atoms with van der Waals surface area (Å²) in [6.45, 7) is -0.605. The second kappa shape index (κ2) is 6.26. The highest BCUT2D eigenvalue weighted by atomic mass is 19.2. The summed E-state index contributed by atoms with van der Waals surface area (Å²) in [6.07, 6.45) is -4.41. The first-order valence-corrected chi connectivity index (χ1v) is 5.74. The second-order valence-electron chi connectivity index (χ2n) is 4.47. The number of primary amides is 1. The highest BCUT2D eigenvalue weighted by Gasteiger charge is 2.51. The van der Waals surface area contributed by atoms with E-state index in [9.17, 15) is 18.4 Å². The van der Waals surface area contributed by atoms with E-state index in [1.54, 1.807) is 0 Å². The molecule has 10 heteroatoms. The maximum atomic E-state index is 13.4. The van der Waals surface area contributed by atoms with E-state index in [1.165, 1.54) is 0 Å². The van der Waals surface area contributed by atoms with Gasteiger partial charge in [0.25, 0.3) is 0 Å². The fourth-order valence-electron chi connectivity index (χ4n) is 1.99. The molecule has 1 saturated heterocycles. The molecular weight excluding hydrogens is 263 g/mol. The average Bonchev–Trinajstić information content (AvgIpc) is 2.61. The van der Waals surface area contributed by atoms with E-state index in [1.807, 2.05) is 0 Å². The van der Waals surface area contributed by atoms with E-state index in [0.29, 0.717) is 4.90 Å². The second-order valence-corrected chi connectivity index (χ2v) is 4.47. The smallest absolute Gasteiger partial charge is 0.426 e. The van der Waals surface area contributed by atoms with Crippen molar-refractivity contribution in [2.75, 3.05) is 6.54 Å². The summed E-state index contributed by atoms with van der Waals surface area (Å²) in [6, 6.07) is -1.17. The van der Waals surface area contributed by atoms with E-state index >= 15 is 0 Å². The van der Waals surface area contributed by atoms with Crippen molar-refractivity contribution in [1.82, 2.24) is 4.90 Å². The molecule has 4 atom stereocenters. The predicted octanol–water partition coefficient (Wildman–Crippen LogP) is -2.52. The summed E-state index contributed by atoms with van der Waals surface area (Å²) in [5, 5.41) is 18.0. The molecule has 0 aromatic carbocycles. The predicted molar refractivity (Wildman–Crippen MR) is 61.9 cm³/mol. The number of amides is 2. The Hall–Kier alpha value is -1.26. The topological polar surface area (TPSA) is 130 Å². The minimum Gasteiger partial charge on any atom is -0.426 e. The molecule has 0 aromatic rings. The zero-order valence-electron chi connectivity index (χ0n) is 10.1. The van der Waals surface area contributed by atoms with Gasteiger partial charge in [-0.15, -0.1) is 0 Å². The Labute approximate surface area is 108 Å². The Balaban J connectivity index is 2.71. The number of hydrogen-bond donors (Lipinski definition) is 4. The summed E-state index contributed by atoms with van der Waals surface area (Å²) in [5.74, 6) is -3.19. The Bertz CT molecular complexity index is 360. The molecular formula is C9H16BF2N3O4. The van der Waals surface area contributed by atoms with Crippen LogP contribution >= 0.6 is 0 Å². The number of halogens is 2. The molecule has 0 unspecified atom stereocenters. The lowest BCUT2D eigenvalue weighted by Crippen LogP contribution is -2.53. The molecule has 1 fully saturated rings. The van der Waals surface area contributed by atoms with Gasteiger partial charge in [0, 0.05) is 6.42 Å². The van der Waals surface area contributed by atoms with Crippen LogP contribution in [0, 0.1) is 0 Å². The van der Waals surface area contributed by atoms with Gasteiger partial charge in [-0.1, -0.05) is 0 Å². The van der Waals surface area contributed by atoms with Crippen molar-refractivity contribution in [3.8, 4) is 0 Å². The van der Waals surface area contributed by atoms with E-state index in [-0.39, 0.29) is 12.8 Å². The van der Waals surface area contributed by atoms with E-state index in [4.69, 9.17) is 21.5 Å². The molecule has 6 N–H and O–H groups in total. The van der Waals surface area contributed by atoms with Crippen molar-refractivity contribution >= 4 is 18.9 Å². The summed E-state index contributed by atoms with van der Waals surface area (Å²) in [5.41, 5.74) is 10.4. The van der Waals surface area contributed by atoms with Crippen LogP contribution < -0.4 is 11.5 Å². The number of carbonyl (C=O) groups excluding carboxylic acids is 2. The zero-order chi connectivity index (χ0) is 14.7. The lowest BCUT2D eigenvalue weighted by atomic mass is 9.76. The minimum absolute atomic E-state index is 0.0766. The number of rotatable bonds is 5. The fraction of sp³-hybridized carbons (Fsp3) is 0.778. The van der Waals surface area contributed by atoms with Gasteiger partial charge >= 0.3 is 7.12 Å². The van der Waals surface area contributed by atoms with Gasteiger partial charge in [-0.05, 0) is 6.42 Å². The molecule has 0 bridgehead atoms. The lowest BCUT2D eigenvalue weighted by molar-refractivity contribution is -0.133. The highest BCUT2D eigenvalue weighted by molar-refractivity contribution is 6.44. The van der Waals surface area contributed by atoms with Crippen molar-refractivity contribution in [2.24, 2.45) is 11.5 Å². The molecule has 0 radical (unpaired) electrons. The van der Waals surface area contributed by atoms with Gasteiger partial charge in [0.05, 0.1) is 12.6 Å². The van der Waals surface area contributed by atoms with Gasteiger partial charge in [-0.2, -0.15) is 0 Å². The van der Waals surface area contributed by atoms with Crippen LogP contribution in [-0.4, -0.2) is 64.8 Å². The lowest BCUT2D eigenvalue weighted by Gasteiger charge is -2.26. The molecule has 1 rings (SSSR count). The number of alkyl halides is 2. The van der Waals surface area contributed by atoms with Crippen LogP contribution in [0.2, 0.25) is 0 Å². The number of likely N-dealkylation sites (tertiary alicyclic amines) is 1. The van der Waals surface area contributed by atoms with Crippen molar-refractivity contribution in [1.29, 1.82) is 0 Å². The van der Waals surface area contributed by atoms with Crippen LogP contribution in [0.25, 0.3) is 0 Å². The molecule has 1 aliphatic heterocycles. The summed E-state index contributed by atoms with van der Waals surface area (Å²) in [7, 11) is -2.21. The summed E-state index contributed by atoms with van der Waals surface area (Å²) >= 11 is 0. The number of nitrogens with two attached hydrogens (primary N) is 2. The van der Waals surface area contributed by atoms with E-state index in [0.717, 1.165) is 0 Å². The summed E-state index contributed by atoms with van der Waals surface area (Å²) < 4.78 is 26.6. The van der Waals surface area contributed by atoms with Crippen LogP contribution in [0.1, 0.15) is 12.8 Å². The quantitative estimate of drug-likeness (QED) is 0.412. The molecule has 1 aliphatic rings. The van der Waals surface area contributed by atoms with E-state index in [2.05, 4.69) is 0 Å². The standard InChI is InChI=1S/C9H16BF2N3O4/c11-4-3-15(8(7(4)12)10(18)19)9(17)5(13)1-2-6(14)16/h4-5,7-8,18-19H,1-3,13H2,(H2,14,16)/t4-,5-,7+,8+/m0/s1. The third-order valence-electron chi connectivity index (χ3n) is 3.01. The van der Waals surface area contributed by atoms with Crippen molar-refractivity contribution in [3.63, 3.8) is 0 Å². The monoisotopic (exact) mass is 279 g/mol. The molecule has 1 heterocycles. The van der Waals surface area contributed by atoms with Crippen LogP contribution in [0.5, 0.6) is 0 Å². The zero-order valence-corrected chi connectivity index (χ0v) is 10.1. The maximum Gasteiger partial charge on any atom is 0.478 e. The molecule has 2 amide bonds. The number of nitrogens with zero attached hydrogens (tertiary/aromatic N) is 1. The third kappa shape index (κ3) is 3.61. The van der Waals surface area contributed by atoms with Gasteiger partial charge < -0.3 is 26.4 Å². The number of carbonyl (C=O) groups is 2. The molecule has 0 saturated carbocycles. The Kier molecular flexibility index (Phi) is 5.21. The highest BCUT2D eigenvalue weighted by Crippen LogP contribution is 2.25. The molecule has 0 spiro atoms. The molecule has 7 nitrogen and oxygen atoms in total. The SMILES string of the molecule is NC(=O)CC[C@H](N)C(=O)N1C[C@H](F)[C@@H](F)[C@@H]1B(O)O. The first kappa shape index (κ1) is 15.8. The van der Waals surface area contributed by atoms with Crippen LogP contribution in [-0.2, 0) is 9.59 Å². The van der Waals surface area contributed by atoms with Gasteiger partial charge in [-0.25, -0.2) is 8.78 Å². The Morgan fingerprint density at radius 2 is 2.00 bits per heavy atom. The van der Waals surface area contributed by atoms with Crippen molar-refractivity contribution in [3.05, 3.63) is 0 Å². The number of hydrogen-bond acceptors (Lipinski definition) is 5. The maximum absolute atomic E-state index is 13.4.